The minimum atomic E-state index is -0.399. The Bertz CT molecular complexity index is 648. The fraction of sp³-hybridized carbons (Fsp3) is 0.353. The minimum Gasteiger partial charge on any atom is -0.493 e. The monoisotopic (exact) mass is 320 g/mol. The number of hydrogen-bond donors (Lipinski definition) is 0. The van der Waals surface area contributed by atoms with Gasteiger partial charge in [-0.15, -0.1) is 0 Å². The molecule has 0 saturated carbocycles. The molecule has 0 N–H and O–H groups in total. The smallest absolute Gasteiger partial charge is 0.341 e. The Labute approximate surface area is 134 Å². The van der Waals surface area contributed by atoms with Gasteiger partial charge in [-0.25, -0.2) is 4.79 Å². The summed E-state index contributed by atoms with van der Waals surface area (Å²) >= 11 is 0. The highest BCUT2D eigenvalue weighted by molar-refractivity contribution is 5.90. The standard InChI is InChI=1S/C17H20O6/c1-5-23-17(18)13-10-22-9-12(13)6-11-7-14(19-2)16(21-4)15(8-11)20-3/h7-10H,5-6H2,1-4H3. The third kappa shape index (κ3) is 3.59. The second kappa shape index (κ2) is 7.58. The number of carbonyl (C=O) groups is 1. The molecule has 1 aromatic heterocycles. The zero-order valence-corrected chi connectivity index (χ0v) is 13.7. The molecule has 6 heteroatoms. The van der Waals surface area contributed by atoms with Crippen LogP contribution >= 0.6 is 0 Å². The molecule has 124 valence electrons. The van der Waals surface area contributed by atoms with Crippen LogP contribution in [0.2, 0.25) is 0 Å². The molecule has 0 aliphatic carbocycles. The lowest BCUT2D eigenvalue weighted by Gasteiger charge is -2.14. The number of rotatable bonds is 7. The van der Waals surface area contributed by atoms with Crippen molar-refractivity contribution in [3.63, 3.8) is 0 Å². The Kier molecular flexibility index (Phi) is 5.51. The van der Waals surface area contributed by atoms with Gasteiger partial charge in [0.05, 0.1) is 34.2 Å². The van der Waals surface area contributed by atoms with Crippen LogP contribution in [-0.2, 0) is 11.2 Å². The van der Waals surface area contributed by atoms with Crippen LogP contribution in [0.25, 0.3) is 0 Å². The molecule has 0 aliphatic heterocycles. The fourth-order valence-corrected chi connectivity index (χ4v) is 2.31. The fourth-order valence-electron chi connectivity index (χ4n) is 2.31. The van der Waals surface area contributed by atoms with E-state index in [1.807, 2.05) is 12.1 Å². The highest BCUT2D eigenvalue weighted by Crippen LogP contribution is 2.38. The van der Waals surface area contributed by atoms with E-state index >= 15 is 0 Å². The number of benzene rings is 1. The van der Waals surface area contributed by atoms with Crippen LogP contribution in [0.5, 0.6) is 17.2 Å². The number of carbonyl (C=O) groups excluding carboxylic acids is 1. The van der Waals surface area contributed by atoms with Crippen LogP contribution < -0.4 is 14.2 Å². The van der Waals surface area contributed by atoms with Gasteiger partial charge in [0, 0.05) is 12.0 Å². The lowest BCUT2D eigenvalue weighted by Crippen LogP contribution is -2.06. The van der Waals surface area contributed by atoms with E-state index < -0.39 is 5.97 Å². The van der Waals surface area contributed by atoms with Crippen molar-refractivity contribution in [1.29, 1.82) is 0 Å². The van der Waals surface area contributed by atoms with E-state index in [9.17, 15) is 4.79 Å². The predicted molar refractivity (Wildman–Crippen MR) is 83.6 cm³/mol. The molecule has 0 aliphatic rings. The van der Waals surface area contributed by atoms with Gasteiger partial charge in [-0.05, 0) is 24.6 Å². The quantitative estimate of drug-likeness (QED) is 0.730. The van der Waals surface area contributed by atoms with Crippen molar-refractivity contribution >= 4 is 5.97 Å². The molecule has 23 heavy (non-hydrogen) atoms. The largest absolute Gasteiger partial charge is 0.493 e. The van der Waals surface area contributed by atoms with E-state index in [-0.39, 0.29) is 0 Å². The molecule has 0 amide bonds. The third-order valence-electron chi connectivity index (χ3n) is 3.36. The number of ether oxygens (including phenoxy) is 4. The van der Waals surface area contributed by atoms with Crippen molar-refractivity contribution in [1.82, 2.24) is 0 Å². The zero-order valence-electron chi connectivity index (χ0n) is 13.7. The molecule has 1 heterocycles. The van der Waals surface area contributed by atoms with E-state index in [2.05, 4.69) is 0 Å². The summed E-state index contributed by atoms with van der Waals surface area (Å²) in [4.78, 5) is 11.9. The molecule has 0 spiro atoms. The molecule has 2 aromatic rings. The molecule has 1 aromatic carbocycles. The SMILES string of the molecule is CCOC(=O)c1cocc1Cc1cc(OC)c(OC)c(OC)c1. The van der Waals surface area contributed by atoms with Crippen molar-refractivity contribution in [2.45, 2.75) is 13.3 Å². The first kappa shape index (κ1) is 16.7. The predicted octanol–water partition coefficient (Wildman–Crippen LogP) is 3.07. The van der Waals surface area contributed by atoms with E-state index in [1.165, 1.54) is 12.5 Å². The molecule has 0 fully saturated rings. The number of furan rings is 1. The molecular weight excluding hydrogens is 300 g/mol. The van der Waals surface area contributed by atoms with Crippen LogP contribution in [0, 0.1) is 0 Å². The summed E-state index contributed by atoms with van der Waals surface area (Å²) in [6, 6.07) is 3.67. The van der Waals surface area contributed by atoms with E-state index in [0.717, 1.165) is 11.1 Å². The minimum absolute atomic E-state index is 0.313. The van der Waals surface area contributed by atoms with Crippen molar-refractivity contribution in [3.8, 4) is 17.2 Å². The first-order valence-corrected chi connectivity index (χ1v) is 7.15. The van der Waals surface area contributed by atoms with E-state index in [1.54, 1.807) is 28.3 Å². The lowest BCUT2D eigenvalue weighted by atomic mass is 10.0. The van der Waals surface area contributed by atoms with E-state index in [0.29, 0.717) is 35.8 Å². The van der Waals surface area contributed by atoms with Crippen molar-refractivity contribution in [2.75, 3.05) is 27.9 Å². The molecule has 0 saturated heterocycles. The van der Waals surface area contributed by atoms with Crippen LogP contribution in [0.1, 0.15) is 28.4 Å². The number of esters is 1. The van der Waals surface area contributed by atoms with Gasteiger partial charge in [0.25, 0.3) is 0 Å². The molecule has 0 atom stereocenters. The van der Waals surface area contributed by atoms with Gasteiger partial charge >= 0.3 is 5.97 Å². The Morgan fingerprint density at radius 1 is 1.04 bits per heavy atom. The van der Waals surface area contributed by atoms with Crippen LogP contribution in [0.3, 0.4) is 0 Å². The summed E-state index contributed by atoms with van der Waals surface area (Å²) in [6.45, 7) is 2.07. The summed E-state index contributed by atoms with van der Waals surface area (Å²) in [6.07, 6.45) is 3.40. The maximum Gasteiger partial charge on any atom is 0.341 e. The van der Waals surface area contributed by atoms with Gasteiger partial charge in [0.2, 0.25) is 5.75 Å². The first-order valence-electron chi connectivity index (χ1n) is 7.15. The summed E-state index contributed by atoms with van der Waals surface area (Å²) in [5.41, 5.74) is 2.05. The van der Waals surface area contributed by atoms with Gasteiger partial charge in [-0.3, -0.25) is 0 Å². The molecule has 2 rings (SSSR count). The highest BCUT2D eigenvalue weighted by atomic mass is 16.5. The highest BCUT2D eigenvalue weighted by Gasteiger charge is 2.18. The maximum absolute atomic E-state index is 11.9. The Morgan fingerprint density at radius 2 is 1.70 bits per heavy atom. The molecule has 6 nitrogen and oxygen atoms in total. The summed E-state index contributed by atoms with van der Waals surface area (Å²) in [5, 5.41) is 0. The average molecular weight is 320 g/mol. The number of hydrogen-bond acceptors (Lipinski definition) is 6. The molecule has 0 bridgehead atoms. The van der Waals surface area contributed by atoms with Gasteiger partial charge in [-0.1, -0.05) is 0 Å². The van der Waals surface area contributed by atoms with Gasteiger partial charge < -0.3 is 23.4 Å². The van der Waals surface area contributed by atoms with Gasteiger partial charge in [0.15, 0.2) is 11.5 Å². The van der Waals surface area contributed by atoms with Crippen molar-refractivity contribution in [2.24, 2.45) is 0 Å². The Morgan fingerprint density at radius 3 is 2.22 bits per heavy atom. The Balaban J connectivity index is 2.34. The second-order valence-corrected chi connectivity index (χ2v) is 4.74. The van der Waals surface area contributed by atoms with Crippen LogP contribution in [0.15, 0.2) is 29.1 Å². The topological polar surface area (TPSA) is 67.1 Å². The lowest BCUT2D eigenvalue weighted by molar-refractivity contribution is 0.0524. The molecular formula is C17H20O6. The molecule has 0 radical (unpaired) electrons. The maximum atomic E-state index is 11.9. The molecule has 0 unspecified atom stereocenters. The Hall–Kier alpha value is -2.63. The average Bonchev–Trinajstić information content (AvgIpc) is 3.02. The van der Waals surface area contributed by atoms with Crippen molar-refractivity contribution in [3.05, 3.63) is 41.3 Å². The summed E-state index contributed by atoms with van der Waals surface area (Å²) in [7, 11) is 4.67. The van der Waals surface area contributed by atoms with Gasteiger partial charge in [-0.2, -0.15) is 0 Å². The zero-order chi connectivity index (χ0) is 16.8. The third-order valence-corrected chi connectivity index (χ3v) is 3.36. The van der Waals surface area contributed by atoms with Gasteiger partial charge in [0.1, 0.15) is 11.8 Å². The normalized spacial score (nSPS) is 10.3. The van der Waals surface area contributed by atoms with Crippen LogP contribution in [-0.4, -0.2) is 33.9 Å². The number of methoxy groups -OCH3 is 3. The first-order chi connectivity index (χ1) is 11.1. The second-order valence-electron chi connectivity index (χ2n) is 4.74. The summed E-state index contributed by atoms with van der Waals surface area (Å²) < 4.78 is 26.1. The van der Waals surface area contributed by atoms with Crippen molar-refractivity contribution < 1.29 is 28.2 Å². The summed E-state index contributed by atoms with van der Waals surface area (Å²) in [5.74, 6) is 1.24. The van der Waals surface area contributed by atoms with E-state index in [4.69, 9.17) is 23.4 Å². The van der Waals surface area contributed by atoms with Crippen LogP contribution in [0.4, 0.5) is 0 Å².